The molecule has 0 atom stereocenters. The molecular formula is C17H25N2O+. The zero-order chi connectivity index (χ0) is 13.8. The van der Waals surface area contributed by atoms with Crippen LogP contribution in [-0.2, 0) is 11.2 Å². The van der Waals surface area contributed by atoms with Gasteiger partial charge in [0, 0.05) is 0 Å². The van der Waals surface area contributed by atoms with Crippen LogP contribution in [0.15, 0.2) is 30.3 Å². The Morgan fingerprint density at radius 2 is 1.75 bits per heavy atom. The summed E-state index contributed by atoms with van der Waals surface area (Å²) in [6.07, 6.45) is 6.16. The van der Waals surface area contributed by atoms with Crippen LogP contribution in [-0.4, -0.2) is 43.0 Å². The summed E-state index contributed by atoms with van der Waals surface area (Å²) in [4.78, 5) is 16.1. The van der Waals surface area contributed by atoms with Crippen molar-refractivity contribution in [2.75, 3.05) is 26.2 Å². The number of carbonyl (C=O) groups is 1. The van der Waals surface area contributed by atoms with Crippen LogP contribution in [0.2, 0.25) is 0 Å². The second-order valence-electron chi connectivity index (χ2n) is 6.18. The van der Waals surface area contributed by atoms with E-state index >= 15 is 0 Å². The van der Waals surface area contributed by atoms with E-state index in [0.29, 0.717) is 12.3 Å². The normalized spacial score (nSPS) is 21.3. The zero-order valence-corrected chi connectivity index (χ0v) is 12.2. The number of nitrogens with one attached hydrogen (secondary N) is 1. The lowest BCUT2D eigenvalue weighted by Gasteiger charge is -2.35. The highest BCUT2D eigenvalue weighted by Gasteiger charge is 2.30. The fourth-order valence-electron chi connectivity index (χ4n) is 3.67. The molecule has 2 fully saturated rings. The molecule has 1 aromatic rings. The first-order valence-electron chi connectivity index (χ1n) is 7.99. The molecule has 3 heteroatoms. The summed E-state index contributed by atoms with van der Waals surface area (Å²) in [5, 5.41) is 0. The Morgan fingerprint density at radius 3 is 2.40 bits per heavy atom. The number of nitrogens with zero attached hydrogens (tertiary/aromatic N) is 1. The highest BCUT2D eigenvalue weighted by molar-refractivity contribution is 5.78. The van der Waals surface area contributed by atoms with Gasteiger partial charge in [-0.2, -0.15) is 0 Å². The smallest absolute Gasteiger partial charge is 0.227 e. The number of quaternary nitrogens is 1. The van der Waals surface area contributed by atoms with Crippen LogP contribution in [0.5, 0.6) is 0 Å². The van der Waals surface area contributed by atoms with Crippen molar-refractivity contribution >= 4 is 5.91 Å². The standard InChI is InChI=1S/C17H24N2O/c20-17(14-15-6-2-1-3-7-15)19-12-10-18(11-13-19)16-8-4-5-9-16/h1-3,6-7,16H,4-5,8-14H2/p+1. The van der Waals surface area contributed by atoms with Crippen molar-refractivity contribution in [3.05, 3.63) is 35.9 Å². The van der Waals surface area contributed by atoms with Crippen LogP contribution >= 0.6 is 0 Å². The molecule has 0 unspecified atom stereocenters. The summed E-state index contributed by atoms with van der Waals surface area (Å²) in [5.74, 6) is 0.293. The van der Waals surface area contributed by atoms with E-state index in [2.05, 4.69) is 4.90 Å². The van der Waals surface area contributed by atoms with Crippen LogP contribution in [0.4, 0.5) is 0 Å². The molecule has 1 saturated heterocycles. The first-order chi connectivity index (χ1) is 9.83. The summed E-state index contributed by atoms with van der Waals surface area (Å²) in [6.45, 7) is 4.17. The van der Waals surface area contributed by atoms with Crippen molar-refractivity contribution in [2.45, 2.75) is 38.1 Å². The van der Waals surface area contributed by atoms with Gasteiger partial charge < -0.3 is 9.80 Å². The third-order valence-electron chi connectivity index (χ3n) is 4.89. The van der Waals surface area contributed by atoms with Gasteiger partial charge in [-0.15, -0.1) is 0 Å². The molecule has 1 aliphatic carbocycles. The molecule has 0 spiro atoms. The average molecular weight is 273 g/mol. The van der Waals surface area contributed by atoms with Gasteiger partial charge in [0.25, 0.3) is 0 Å². The third-order valence-corrected chi connectivity index (χ3v) is 4.89. The molecule has 20 heavy (non-hydrogen) atoms. The van der Waals surface area contributed by atoms with Gasteiger partial charge in [0.15, 0.2) is 0 Å². The molecule has 0 aromatic heterocycles. The van der Waals surface area contributed by atoms with E-state index in [1.54, 1.807) is 4.90 Å². The third kappa shape index (κ3) is 3.21. The van der Waals surface area contributed by atoms with Gasteiger partial charge in [0.05, 0.1) is 38.6 Å². The zero-order valence-electron chi connectivity index (χ0n) is 12.2. The first-order valence-corrected chi connectivity index (χ1v) is 7.99. The maximum atomic E-state index is 12.3. The minimum atomic E-state index is 0.293. The van der Waals surface area contributed by atoms with Crippen LogP contribution in [0.3, 0.4) is 0 Å². The first kappa shape index (κ1) is 13.6. The second kappa shape index (κ2) is 6.40. The summed E-state index contributed by atoms with van der Waals surface area (Å²) < 4.78 is 0. The van der Waals surface area contributed by atoms with Crippen molar-refractivity contribution < 1.29 is 9.69 Å². The van der Waals surface area contributed by atoms with Crippen molar-refractivity contribution in [1.82, 2.24) is 4.90 Å². The molecule has 1 saturated carbocycles. The maximum Gasteiger partial charge on any atom is 0.227 e. The number of carbonyl (C=O) groups excluding carboxylic acids is 1. The van der Waals surface area contributed by atoms with E-state index in [4.69, 9.17) is 0 Å². The lowest BCUT2D eigenvalue weighted by molar-refractivity contribution is -0.928. The quantitative estimate of drug-likeness (QED) is 0.869. The molecular weight excluding hydrogens is 248 g/mol. The molecule has 108 valence electrons. The van der Waals surface area contributed by atoms with E-state index in [9.17, 15) is 4.79 Å². The molecule has 0 radical (unpaired) electrons. The van der Waals surface area contributed by atoms with Gasteiger partial charge in [-0.25, -0.2) is 0 Å². The molecule has 3 nitrogen and oxygen atoms in total. The number of piperazine rings is 1. The van der Waals surface area contributed by atoms with Gasteiger partial charge in [0.2, 0.25) is 5.91 Å². The molecule has 1 aromatic carbocycles. The minimum Gasteiger partial charge on any atom is -0.331 e. The van der Waals surface area contributed by atoms with E-state index in [-0.39, 0.29) is 0 Å². The largest absolute Gasteiger partial charge is 0.331 e. The number of benzene rings is 1. The summed E-state index contributed by atoms with van der Waals surface area (Å²) in [7, 11) is 0. The van der Waals surface area contributed by atoms with Crippen LogP contribution in [0, 0.1) is 0 Å². The number of hydrogen-bond acceptors (Lipinski definition) is 1. The monoisotopic (exact) mass is 273 g/mol. The Balaban J connectivity index is 1.49. The molecule has 0 bridgehead atoms. The van der Waals surface area contributed by atoms with Crippen molar-refractivity contribution in [3.8, 4) is 0 Å². The Bertz CT molecular complexity index is 432. The van der Waals surface area contributed by atoms with Gasteiger partial charge in [-0.1, -0.05) is 30.3 Å². The van der Waals surface area contributed by atoms with Gasteiger partial charge in [-0.05, 0) is 31.2 Å². The maximum absolute atomic E-state index is 12.3. The number of hydrogen-bond donors (Lipinski definition) is 1. The second-order valence-corrected chi connectivity index (χ2v) is 6.18. The predicted octanol–water partition coefficient (Wildman–Crippen LogP) is 0.899. The SMILES string of the molecule is O=C(Cc1ccccc1)N1CC[NH+](C2CCCC2)CC1. The van der Waals surface area contributed by atoms with Crippen LogP contribution in [0.1, 0.15) is 31.2 Å². The highest BCUT2D eigenvalue weighted by Crippen LogP contribution is 2.15. The van der Waals surface area contributed by atoms with Crippen molar-refractivity contribution in [2.24, 2.45) is 0 Å². The van der Waals surface area contributed by atoms with Crippen LogP contribution in [0.25, 0.3) is 0 Å². The van der Waals surface area contributed by atoms with Crippen molar-refractivity contribution in [1.29, 1.82) is 0 Å². The van der Waals surface area contributed by atoms with Gasteiger partial charge in [-0.3, -0.25) is 4.79 Å². The molecule has 1 aliphatic heterocycles. The van der Waals surface area contributed by atoms with E-state index < -0.39 is 0 Å². The lowest BCUT2D eigenvalue weighted by Crippen LogP contribution is -3.18. The van der Waals surface area contributed by atoms with E-state index in [1.807, 2.05) is 30.3 Å². The summed E-state index contributed by atoms with van der Waals surface area (Å²) in [5.41, 5.74) is 1.13. The predicted molar refractivity (Wildman–Crippen MR) is 79.7 cm³/mol. The molecule has 2 aliphatic rings. The lowest BCUT2D eigenvalue weighted by atomic mass is 10.1. The highest BCUT2D eigenvalue weighted by atomic mass is 16.2. The minimum absolute atomic E-state index is 0.293. The number of amides is 1. The Morgan fingerprint density at radius 1 is 1.10 bits per heavy atom. The summed E-state index contributed by atoms with van der Waals surface area (Å²) >= 11 is 0. The topological polar surface area (TPSA) is 24.8 Å². The fourth-order valence-corrected chi connectivity index (χ4v) is 3.67. The molecule has 1 N–H and O–H groups in total. The van der Waals surface area contributed by atoms with Crippen LogP contribution < -0.4 is 4.90 Å². The fraction of sp³-hybridized carbons (Fsp3) is 0.588. The molecule has 1 amide bonds. The van der Waals surface area contributed by atoms with E-state index in [0.717, 1.165) is 37.8 Å². The Hall–Kier alpha value is -1.35. The molecule has 3 rings (SSSR count). The molecule has 1 heterocycles. The summed E-state index contributed by atoms with van der Waals surface area (Å²) in [6, 6.07) is 11.0. The Kier molecular flexibility index (Phi) is 4.36. The Labute approximate surface area is 121 Å². The van der Waals surface area contributed by atoms with Gasteiger partial charge in [0.1, 0.15) is 0 Å². The van der Waals surface area contributed by atoms with Crippen molar-refractivity contribution in [3.63, 3.8) is 0 Å². The average Bonchev–Trinajstić information content (AvgIpc) is 3.03. The number of rotatable bonds is 3. The van der Waals surface area contributed by atoms with E-state index in [1.165, 1.54) is 25.7 Å². The van der Waals surface area contributed by atoms with Gasteiger partial charge >= 0.3 is 0 Å².